The molecule has 0 aliphatic carbocycles. The zero-order valence-electron chi connectivity index (χ0n) is 10.8. The molecule has 0 radical (unpaired) electrons. The van der Waals surface area contributed by atoms with Crippen LogP contribution >= 0.6 is 15.9 Å². The van der Waals surface area contributed by atoms with Crippen LogP contribution in [0.1, 0.15) is 5.56 Å². The Morgan fingerprint density at radius 3 is 2.61 bits per heavy atom. The average molecular weight is 310 g/mol. The van der Waals surface area contributed by atoms with Crippen LogP contribution in [-0.2, 0) is 0 Å². The van der Waals surface area contributed by atoms with Crippen LogP contribution in [0.2, 0.25) is 0 Å². The Balaban J connectivity index is 1.59. The fraction of sp³-hybridized carbons (Fsp3) is 0.571. The van der Waals surface area contributed by atoms with E-state index in [1.165, 1.54) is 41.9 Å². The summed E-state index contributed by atoms with van der Waals surface area (Å²) in [7, 11) is 0. The number of anilines is 1. The summed E-state index contributed by atoms with van der Waals surface area (Å²) in [5.41, 5.74) is 2.65. The van der Waals surface area contributed by atoms with Gasteiger partial charge in [-0.05, 0) is 24.6 Å². The molecule has 1 aromatic rings. The van der Waals surface area contributed by atoms with Crippen LogP contribution in [0.15, 0.2) is 22.7 Å². The number of benzene rings is 1. The molecule has 3 nitrogen and oxygen atoms in total. The van der Waals surface area contributed by atoms with E-state index >= 15 is 0 Å². The van der Waals surface area contributed by atoms with Crippen LogP contribution in [0.25, 0.3) is 0 Å². The van der Waals surface area contributed by atoms with Gasteiger partial charge in [0.1, 0.15) is 0 Å². The van der Waals surface area contributed by atoms with E-state index in [1.54, 1.807) is 0 Å². The van der Waals surface area contributed by atoms with Crippen LogP contribution in [0, 0.1) is 6.92 Å². The van der Waals surface area contributed by atoms with Gasteiger partial charge in [0, 0.05) is 55.5 Å². The predicted octanol–water partition coefficient (Wildman–Crippen LogP) is 1.85. The van der Waals surface area contributed by atoms with Gasteiger partial charge < -0.3 is 10.2 Å². The summed E-state index contributed by atoms with van der Waals surface area (Å²) in [5, 5.41) is 3.41. The molecule has 3 rings (SSSR count). The lowest BCUT2D eigenvalue weighted by Gasteiger charge is -2.48. The Kier molecular flexibility index (Phi) is 3.59. The predicted molar refractivity (Wildman–Crippen MR) is 79.3 cm³/mol. The van der Waals surface area contributed by atoms with E-state index in [0.717, 1.165) is 19.1 Å². The molecule has 1 N–H and O–H groups in total. The van der Waals surface area contributed by atoms with Gasteiger partial charge in [-0.1, -0.05) is 22.0 Å². The Bertz CT molecular complexity index is 423. The van der Waals surface area contributed by atoms with Crippen molar-refractivity contribution in [2.75, 3.05) is 44.2 Å². The number of rotatable bonds is 2. The molecule has 0 atom stereocenters. The monoisotopic (exact) mass is 309 g/mol. The van der Waals surface area contributed by atoms with E-state index in [-0.39, 0.29) is 0 Å². The summed E-state index contributed by atoms with van der Waals surface area (Å²) in [6.45, 7) is 9.18. The molecule has 0 unspecified atom stereocenters. The third-order valence-corrected chi connectivity index (χ3v) is 4.91. The van der Waals surface area contributed by atoms with Gasteiger partial charge in [-0.2, -0.15) is 0 Å². The lowest BCUT2D eigenvalue weighted by atomic mass is 10.0. The highest BCUT2D eigenvalue weighted by Gasteiger charge is 2.32. The molecule has 4 heteroatoms. The van der Waals surface area contributed by atoms with Crippen molar-refractivity contribution in [1.82, 2.24) is 10.2 Å². The van der Waals surface area contributed by atoms with Crippen LogP contribution < -0.4 is 10.2 Å². The van der Waals surface area contributed by atoms with Crippen molar-refractivity contribution in [3.05, 3.63) is 28.2 Å². The van der Waals surface area contributed by atoms with Crippen molar-refractivity contribution >= 4 is 21.6 Å². The summed E-state index contributed by atoms with van der Waals surface area (Å²) in [6.07, 6.45) is 0. The minimum Gasteiger partial charge on any atom is -0.368 e. The van der Waals surface area contributed by atoms with Crippen LogP contribution in [0.3, 0.4) is 0 Å². The van der Waals surface area contributed by atoms with Gasteiger partial charge >= 0.3 is 0 Å². The van der Waals surface area contributed by atoms with Crippen molar-refractivity contribution in [3.8, 4) is 0 Å². The number of hydrogen-bond donors (Lipinski definition) is 1. The summed E-state index contributed by atoms with van der Waals surface area (Å²) < 4.78 is 1.21. The largest absolute Gasteiger partial charge is 0.368 e. The number of nitrogens with zero attached hydrogens (tertiary/aromatic N) is 2. The Labute approximate surface area is 117 Å². The molecule has 0 aromatic heterocycles. The maximum absolute atomic E-state index is 3.61. The van der Waals surface area contributed by atoms with E-state index in [9.17, 15) is 0 Å². The molecular formula is C14H20BrN3. The van der Waals surface area contributed by atoms with Gasteiger partial charge in [-0.25, -0.2) is 0 Å². The highest BCUT2D eigenvalue weighted by molar-refractivity contribution is 9.10. The molecule has 2 fully saturated rings. The van der Waals surface area contributed by atoms with E-state index in [2.05, 4.69) is 56.2 Å². The normalized spacial score (nSPS) is 22.0. The standard InChI is InChI=1S/C14H20BrN3/c1-11-2-3-12(8-14(11)15)18-9-13(10-18)17-6-4-16-5-7-17/h2-3,8,13,16H,4-7,9-10H2,1H3. The second-order valence-corrected chi connectivity index (χ2v) is 6.13. The third-order valence-electron chi connectivity index (χ3n) is 4.05. The molecule has 2 aliphatic heterocycles. The van der Waals surface area contributed by atoms with Crippen molar-refractivity contribution in [2.24, 2.45) is 0 Å². The molecule has 0 saturated carbocycles. The first-order chi connectivity index (χ1) is 8.74. The fourth-order valence-electron chi connectivity index (χ4n) is 2.72. The molecule has 0 spiro atoms. The summed E-state index contributed by atoms with van der Waals surface area (Å²) >= 11 is 3.61. The second kappa shape index (κ2) is 5.19. The van der Waals surface area contributed by atoms with Crippen molar-refractivity contribution in [1.29, 1.82) is 0 Å². The zero-order valence-corrected chi connectivity index (χ0v) is 12.4. The highest BCUT2D eigenvalue weighted by Crippen LogP contribution is 2.28. The molecule has 0 amide bonds. The van der Waals surface area contributed by atoms with Crippen LogP contribution in [0.5, 0.6) is 0 Å². The topological polar surface area (TPSA) is 18.5 Å². The minimum atomic E-state index is 0.757. The number of nitrogens with one attached hydrogen (secondary N) is 1. The highest BCUT2D eigenvalue weighted by atomic mass is 79.9. The smallest absolute Gasteiger partial charge is 0.0447 e. The summed E-state index contributed by atoms with van der Waals surface area (Å²) in [5.74, 6) is 0. The van der Waals surface area contributed by atoms with E-state index in [4.69, 9.17) is 0 Å². The molecule has 2 heterocycles. The Hall–Kier alpha value is -0.580. The first-order valence-electron chi connectivity index (χ1n) is 6.70. The van der Waals surface area contributed by atoms with Crippen molar-refractivity contribution < 1.29 is 0 Å². The van der Waals surface area contributed by atoms with Crippen LogP contribution in [0.4, 0.5) is 5.69 Å². The maximum atomic E-state index is 3.61. The van der Waals surface area contributed by atoms with Gasteiger partial charge in [-0.15, -0.1) is 0 Å². The minimum absolute atomic E-state index is 0.757. The van der Waals surface area contributed by atoms with Gasteiger partial charge in [0.25, 0.3) is 0 Å². The van der Waals surface area contributed by atoms with Crippen molar-refractivity contribution in [3.63, 3.8) is 0 Å². The van der Waals surface area contributed by atoms with Crippen molar-refractivity contribution in [2.45, 2.75) is 13.0 Å². The lowest BCUT2D eigenvalue weighted by molar-refractivity contribution is 0.147. The van der Waals surface area contributed by atoms with Gasteiger partial charge in [0.2, 0.25) is 0 Å². The Morgan fingerprint density at radius 1 is 1.22 bits per heavy atom. The molecule has 2 saturated heterocycles. The second-order valence-electron chi connectivity index (χ2n) is 5.28. The SMILES string of the molecule is Cc1ccc(N2CC(N3CCNCC3)C2)cc1Br. The molecule has 0 bridgehead atoms. The Morgan fingerprint density at radius 2 is 1.94 bits per heavy atom. The fourth-order valence-corrected chi connectivity index (χ4v) is 3.09. The lowest BCUT2D eigenvalue weighted by Crippen LogP contribution is -2.62. The molecule has 1 aromatic carbocycles. The first kappa shape index (κ1) is 12.5. The molecule has 98 valence electrons. The number of piperazine rings is 1. The zero-order chi connectivity index (χ0) is 12.5. The van der Waals surface area contributed by atoms with E-state index < -0.39 is 0 Å². The van der Waals surface area contributed by atoms with Gasteiger partial charge in [-0.3, -0.25) is 4.90 Å². The maximum Gasteiger partial charge on any atom is 0.0447 e. The third kappa shape index (κ3) is 2.42. The number of halogens is 1. The molecule has 18 heavy (non-hydrogen) atoms. The molecular weight excluding hydrogens is 290 g/mol. The van der Waals surface area contributed by atoms with E-state index in [1.807, 2.05) is 0 Å². The average Bonchev–Trinajstić information content (AvgIpc) is 2.33. The van der Waals surface area contributed by atoms with E-state index in [0.29, 0.717) is 0 Å². The molecule has 2 aliphatic rings. The first-order valence-corrected chi connectivity index (χ1v) is 7.49. The summed E-state index contributed by atoms with van der Waals surface area (Å²) in [6, 6.07) is 7.42. The van der Waals surface area contributed by atoms with Crippen LogP contribution in [-0.4, -0.2) is 50.2 Å². The quantitative estimate of drug-likeness (QED) is 0.899. The summed E-state index contributed by atoms with van der Waals surface area (Å²) in [4.78, 5) is 5.09. The van der Waals surface area contributed by atoms with Gasteiger partial charge in [0.05, 0.1) is 0 Å². The number of aryl methyl sites for hydroxylation is 1. The van der Waals surface area contributed by atoms with Gasteiger partial charge in [0.15, 0.2) is 0 Å². The number of hydrogen-bond acceptors (Lipinski definition) is 3.